The summed E-state index contributed by atoms with van der Waals surface area (Å²) in [6.45, 7) is 6.30. The molecule has 1 saturated heterocycles. The van der Waals surface area contributed by atoms with Gasteiger partial charge in [0, 0.05) is 17.6 Å². The summed E-state index contributed by atoms with van der Waals surface area (Å²) in [5.41, 5.74) is 8.39. The van der Waals surface area contributed by atoms with Crippen molar-refractivity contribution in [3.63, 3.8) is 0 Å². The van der Waals surface area contributed by atoms with Crippen LogP contribution < -0.4 is 5.73 Å². The lowest BCUT2D eigenvalue weighted by Gasteiger charge is -2.21. The number of rotatable bonds is 4. The van der Waals surface area contributed by atoms with Crippen LogP contribution in [0, 0.1) is 5.92 Å². The molecule has 0 aliphatic carbocycles. The van der Waals surface area contributed by atoms with Gasteiger partial charge in [0.15, 0.2) is 0 Å². The van der Waals surface area contributed by atoms with Gasteiger partial charge in [0.25, 0.3) is 0 Å². The summed E-state index contributed by atoms with van der Waals surface area (Å²) >= 11 is 6.46. The summed E-state index contributed by atoms with van der Waals surface area (Å²) in [6.07, 6.45) is 2.27. The van der Waals surface area contributed by atoms with Crippen molar-refractivity contribution in [3.05, 3.63) is 34.3 Å². The Labute approximate surface area is 121 Å². The molecule has 1 heterocycles. The maximum Gasteiger partial charge on any atom is 0.0444 e. The highest BCUT2D eigenvalue weighted by molar-refractivity contribution is 6.31. The molecule has 0 saturated carbocycles. The molecular weight excluding hydrogens is 256 g/mol. The molecule has 3 unspecified atom stereocenters. The van der Waals surface area contributed by atoms with Crippen LogP contribution in [-0.4, -0.2) is 25.0 Å². The van der Waals surface area contributed by atoms with Crippen LogP contribution >= 0.6 is 11.6 Å². The fourth-order valence-corrected chi connectivity index (χ4v) is 3.41. The molecule has 0 bridgehead atoms. The van der Waals surface area contributed by atoms with Crippen LogP contribution in [0.15, 0.2) is 18.2 Å². The van der Waals surface area contributed by atoms with Crippen molar-refractivity contribution in [3.8, 4) is 0 Å². The van der Waals surface area contributed by atoms with Gasteiger partial charge in [0.2, 0.25) is 0 Å². The lowest BCUT2D eigenvalue weighted by Crippen LogP contribution is -2.20. The Hall–Kier alpha value is -0.570. The molecule has 1 aliphatic rings. The van der Waals surface area contributed by atoms with Crippen molar-refractivity contribution in [1.29, 1.82) is 0 Å². The average molecular weight is 281 g/mol. The maximum absolute atomic E-state index is 6.46. The fourth-order valence-electron chi connectivity index (χ4n) is 3.04. The third-order valence-corrected chi connectivity index (χ3v) is 4.85. The Balaban J connectivity index is 2.20. The van der Waals surface area contributed by atoms with Crippen LogP contribution in [-0.2, 0) is 0 Å². The zero-order chi connectivity index (χ0) is 14.0. The average Bonchev–Trinajstić information content (AvgIpc) is 2.79. The molecule has 0 amide bonds. The highest BCUT2D eigenvalue weighted by Crippen LogP contribution is 2.36. The number of benzene rings is 1. The van der Waals surface area contributed by atoms with E-state index in [4.69, 9.17) is 17.3 Å². The van der Waals surface area contributed by atoms with Gasteiger partial charge in [0.05, 0.1) is 0 Å². The summed E-state index contributed by atoms with van der Waals surface area (Å²) in [4.78, 5) is 2.39. The van der Waals surface area contributed by atoms with E-state index in [-0.39, 0.29) is 0 Å². The van der Waals surface area contributed by atoms with E-state index in [0.717, 1.165) is 31.0 Å². The first-order valence-electron chi connectivity index (χ1n) is 7.26. The normalized spacial score (nSPS) is 25.7. The molecule has 2 rings (SSSR count). The Morgan fingerprint density at radius 1 is 1.47 bits per heavy atom. The summed E-state index contributed by atoms with van der Waals surface area (Å²) in [6, 6.07) is 7.07. The Bertz CT molecular complexity index is 433. The van der Waals surface area contributed by atoms with E-state index in [0.29, 0.717) is 17.9 Å². The van der Waals surface area contributed by atoms with Crippen molar-refractivity contribution in [2.75, 3.05) is 20.1 Å². The maximum atomic E-state index is 6.46. The second-order valence-electron chi connectivity index (χ2n) is 5.88. The van der Waals surface area contributed by atoms with Gasteiger partial charge < -0.3 is 5.73 Å². The summed E-state index contributed by atoms with van der Waals surface area (Å²) < 4.78 is 0. The van der Waals surface area contributed by atoms with Gasteiger partial charge in [-0.3, -0.25) is 4.90 Å². The van der Waals surface area contributed by atoms with E-state index >= 15 is 0 Å². The molecule has 0 spiro atoms. The van der Waals surface area contributed by atoms with Crippen molar-refractivity contribution in [2.24, 2.45) is 11.7 Å². The Morgan fingerprint density at radius 3 is 2.74 bits per heavy atom. The monoisotopic (exact) mass is 280 g/mol. The number of likely N-dealkylation sites (tertiary alicyclic amines) is 1. The van der Waals surface area contributed by atoms with Crippen molar-refractivity contribution in [2.45, 2.75) is 38.6 Å². The van der Waals surface area contributed by atoms with Crippen LogP contribution in [0.1, 0.15) is 49.8 Å². The predicted octanol–water partition coefficient (Wildman–Crippen LogP) is 3.81. The van der Waals surface area contributed by atoms with Gasteiger partial charge in [-0.05, 0) is 55.5 Å². The molecule has 3 heteroatoms. The van der Waals surface area contributed by atoms with Gasteiger partial charge >= 0.3 is 0 Å². The van der Waals surface area contributed by atoms with Crippen molar-refractivity contribution >= 4 is 11.6 Å². The summed E-state index contributed by atoms with van der Waals surface area (Å²) in [5, 5.41) is 0.913. The summed E-state index contributed by atoms with van der Waals surface area (Å²) in [7, 11) is 2.18. The minimum absolute atomic E-state index is 0.469. The first-order valence-corrected chi connectivity index (χ1v) is 7.64. The minimum atomic E-state index is 0.469. The highest BCUT2D eigenvalue weighted by Gasteiger charge is 2.29. The van der Waals surface area contributed by atoms with Gasteiger partial charge in [-0.2, -0.15) is 0 Å². The topological polar surface area (TPSA) is 29.3 Å². The predicted molar refractivity (Wildman–Crippen MR) is 82.7 cm³/mol. The minimum Gasteiger partial charge on any atom is -0.330 e. The third-order valence-electron chi connectivity index (χ3n) is 4.52. The van der Waals surface area contributed by atoms with Crippen molar-refractivity contribution in [1.82, 2.24) is 4.90 Å². The number of hydrogen-bond acceptors (Lipinski definition) is 2. The van der Waals surface area contributed by atoms with Crippen molar-refractivity contribution < 1.29 is 0 Å². The zero-order valence-electron chi connectivity index (χ0n) is 12.2. The van der Waals surface area contributed by atoms with E-state index in [1.807, 2.05) is 0 Å². The lowest BCUT2D eigenvalue weighted by atomic mass is 9.94. The van der Waals surface area contributed by atoms with E-state index in [1.54, 1.807) is 0 Å². The zero-order valence-corrected chi connectivity index (χ0v) is 13.0. The smallest absolute Gasteiger partial charge is 0.0444 e. The van der Waals surface area contributed by atoms with Gasteiger partial charge in [0.1, 0.15) is 0 Å². The molecule has 2 N–H and O–H groups in total. The van der Waals surface area contributed by atoms with Gasteiger partial charge in [-0.25, -0.2) is 0 Å². The van der Waals surface area contributed by atoms with Gasteiger partial charge in [-0.1, -0.05) is 37.6 Å². The Morgan fingerprint density at radius 2 is 2.21 bits per heavy atom. The molecule has 1 aromatic carbocycles. The van der Waals surface area contributed by atoms with Gasteiger partial charge in [-0.15, -0.1) is 0 Å². The van der Waals surface area contributed by atoms with Crippen LogP contribution in [0.3, 0.4) is 0 Å². The number of nitrogens with two attached hydrogens (primary N) is 1. The molecular formula is C16H25ClN2. The Kier molecular flexibility index (Phi) is 4.88. The van der Waals surface area contributed by atoms with Crippen LogP contribution in [0.2, 0.25) is 5.02 Å². The molecule has 2 nitrogen and oxygen atoms in total. The first kappa shape index (κ1) is 14.8. The number of nitrogens with zero attached hydrogens (tertiary/aromatic N) is 1. The molecule has 3 atom stereocenters. The SMILES string of the molecule is CCC(C)c1ccc(C2CC(CN)CN2C)cc1Cl. The lowest BCUT2D eigenvalue weighted by molar-refractivity contribution is 0.313. The highest BCUT2D eigenvalue weighted by atomic mass is 35.5. The van der Waals surface area contributed by atoms with Crippen LogP contribution in [0.5, 0.6) is 0 Å². The second kappa shape index (κ2) is 6.25. The second-order valence-corrected chi connectivity index (χ2v) is 6.29. The third kappa shape index (κ3) is 3.13. The number of halogens is 1. The van der Waals surface area contributed by atoms with Crippen LogP contribution in [0.25, 0.3) is 0 Å². The van der Waals surface area contributed by atoms with E-state index in [1.165, 1.54) is 11.1 Å². The van der Waals surface area contributed by atoms with E-state index < -0.39 is 0 Å². The molecule has 19 heavy (non-hydrogen) atoms. The quantitative estimate of drug-likeness (QED) is 0.909. The molecule has 106 valence electrons. The molecule has 0 aromatic heterocycles. The van der Waals surface area contributed by atoms with Crippen LogP contribution in [0.4, 0.5) is 0 Å². The molecule has 1 fully saturated rings. The van der Waals surface area contributed by atoms with E-state index in [9.17, 15) is 0 Å². The number of hydrogen-bond donors (Lipinski definition) is 1. The molecule has 1 aromatic rings. The largest absolute Gasteiger partial charge is 0.330 e. The van der Waals surface area contributed by atoms with E-state index in [2.05, 4.69) is 44.0 Å². The standard InChI is InChI=1S/C16H25ClN2/c1-4-11(2)14-6-5-13(8-15(14)17)16-7-12(9-18)10-19(16)3/h5-6,8,11-12,16H,4,7,9-10,18H2,1-3H3. The first-order chi connectivity index (χ1) is 9.06. The summed E-state index contributed by atoms with van der Waals surface area (Å²) in [5.74, 6) is 1.14. The molecule has 0 radical (unpaired) electrons. The molecule has 1 aliphatic heterocycles. The fraction of sp³-hybridized carbons (Fsp3) is 0.625.